The zero-order chi connectivity index (χ0) is 25.7. The summed E-state index contributed by atoms with van der Waals surface area (Å²) >= 11 is 0. The van der Waals surface area contributed by atoms with Gasteiger partial charge in [0.2, 0.25) is 0 Å². The Morgan fingerprint density at radius 2 is 1.72 bits per heavy atom. The standard InChI is InChI=1S/C32H35N3O/c1-21(2)31-16-15-28(18-24(31)5)33-32(36)27-8-6-7-25(19-27)11-13-29-20-30(35-34-29)14-12-26-10-9-22(3)23(4)17-26/h6-10,12,14-21H,11,13H2,1-5H3,(H,33,36)(H,34,35)/b14-12+. The van der Waals surface area contributed by atoms with Crippen molar-refractivity contribution in [1.29, 1.82) is 0 Å². The molecule has 0 saturated carbocycles. The average molecular weight is 478 g/mol. The number of hydrogen-bond donors (Lipinski definition) is 2. The number of benzene rings is 3. The third-order valence-electron chi connectivity index (χ3n) is 6.65. The van der Waals surface area contributed by atoms with Crippen LogP contribution in [0.4, 0.5) is 5.69 Å². The molecule has 1 aromatic heterocycles. The maximum Gasteiger partial charge on any atom is 0.255 e. The van der Waals surface area contributed by atoms with Crippen molar-refractivity contribution in [3.8, 4) is 0 Å². The number of aryl methyl sites for hydroxylation is 5. The van der Waals surface area contributed by atoms with Gasteiger partial charge in [-0.15, -0.1) is 0 Å². The maximum atomic E-state index is 12.9. The van der Waals surface area contributed by atoms with Gasteiger partial charge in [0, 0.05) is 16.9 Å². The molecule has 184 valence electrons. The van der Waals surface area contributed by atoms with E-state index in [1.807, 2.05) is 36.4 Å². The third kappa shape index (κ3) is 6.39. The van der Waals surface area contributed by atoms with Crippen LogP contribution in [0.2, 0.25) is 0 Å². The molecular weight excluding hydrogens is 442 g/mol. The molecule has 36 heavy (non-hydrogen) atoms. The second-order valence-electron chi connectivity index (χ2n) is 9.88. The molecule has 0 bridgehead atoms. The highest BCUT2D eigenvalue weighted by Gasteiger charge is 2.10. The Labute approximate surface area is 214 Å². The largest absolute Gasteiger partial charge is 0.322 e. The molecule has 0 aliphatic heterocycles. The topological polar surface area (TPSA) is 57.8 Å². The second-order valence-corrected chi connectivity index (χ2v) is 9.88. The summed E-state index contributed by atoms with van der Waals surface area (Å²) in [7, 11) is 0. The zero-order valence-corrected chi connectivity index (χ0v) is 21.9. The van der Waals surface area contributed by atoms with E-state index in [1.165, 1.54) is 27.8 Å². The summed E-state index contributed by atoms with van der Waals surface area (Å²) in [6, 6.07) is 22.5. The Bertz CT molecular complexity index is 1390. The van der Waals surface area contributed by atoms with Crippen molar-refractivity contribution >= 4 is 23.7 Å². The predicted octanol–water partition coefficient (Wildman–Crippen LogP) is 7.67. The van der Waals surface area contributed by atoms with Crippen LogP contribution in [-0.2, 0) is 12.8 Å². The van der Waals surface area contributed by atoms with Gasteiger partial charge in [-0.05, 0) is 109 Å². The monoisotopic (exact) mass is 477 g/mol. The third-order valence-corrected chi connectivity index (χ3v) is 6.65. The van der Waals surface area contributed by atoms with E-state index in [-0.39, 0.29) is 5.91 Å². The first kappa shape index (κ1) is 25.2. The van der Waals surface area contributed by atoms with E-state index < -0.39 is 0 Å². The van der Waals surface area contributed by atoms with Crippen LogP contribution < -0.4 is 5.32 Å². The summed E-state index contributed by atoms with van der Waals surface area (Å²) < 4.78 is 0. The predicted molar refractivity (Wildman–Crippen MR) is 151 cm³/mol. The number of anilines is 1. The minimum atomic E-state index is -0.0890. The fourth-order valence-electron chi connectivity index (χ4n) is 4.39. The van der Waals surface area contributed by atoms with E-state index in [0.717, 1.165) is 35.5 Å². The first-order valence-electron chi connectivity index (χ1n) is 12.6. The molecule has 4 nitrogen and oxygen atoms in total. The number of nitrogens with zero attached hydrogens (tertiary/aromatic N) is 1. The Morgan fingerprint density at radius 3 is 2.47 bits per heavy atom. The van der Waals surface area contributed by atoms with Gasteiger partial charge in [0.15, 0.2) is 0 Å². The minimum Gasteiger partial charge on any atom is -0.322 e. The van der Waals surface area contributed by atoms with E-state index in [2.05, 4.69) is 92.6 Å². The van der Waals surface area contributed by atoms with Crippen LogP contribution in [-0.4, -0.2) is 16.1 Å². The molecule has 4 rings (SSSR count). The quantitative estimate of drug-likeness (QED) is 0.274. The molecule has 1 amide bonds. The number of hydrogen-bond acceptors (Lipinski definition) is 2. The molecule has 1 heterocycles. The SMILES string of the molecule is Cc1ccc(/C=C/c2cc(CCc3cccc(C(=O)Nc4ccc(C(C)C)c(C)c4)c3)[nH]n2)cc1C. The van der Waals surface area contributed by atoms with Gasteiger partial charge >= 0.3 is 0 Å². The van der Waals surface area contributed by atoms with E-state index in [1.54, 1.807) is 0 Å². The number of nitrogens with one attached hydrogen (secondary N) is 2. The molecule has 0 atom stereocenters. The van der Waals surface area contributed by atoms with Crippen molar-refractivity contribution in [3.05, 3.63) is 117 Å². The fraction of sp³-hybridized carbons (Fsp3) is 0.250. The molecule has 4 aromatic rings. The van der Waals surface area contributed by atoms with Crippen molar-refractivity contribution in [1.82, 2.24) is 10.2 Å². The van der Waals surface area contributed by atoms with E-state index in [9.17, 15) is 4.79 Å². The maximum absolute atomic E-state index is 12.9. The molecule has 0 saturated heterocycles. The van der Waals surface area contributed by atoms with Crippen LogP contribution in [0.25, 0.3) is 12.2 Å². The lowest BCUT2D eigenvalue weighted by Gasteiger charge is -2.12. The van der Waals surface area contributed by atoms with Crippen LogP contribution in [0.15, 0.2) is 66.7 Å². The molecule has 0 aliphatic carbocycles. The summed E-state index contributed by atoms with van der Waals surface area (Å²) in [5, 5.41) is 10.6. The number of H-pyrrole nitrogens is 1. The molecule has 0 radical (unpaired) electrons. The molecule has 0 fully saturated rings. The van der Waals surface area contributed by atoms with Gasteiger partial charge in [0.1, 0.15) is 0 Å². The van der Waals surface area contributed by atoms with Gasteiger partial charge < -0.3 is 5.32 Å². The van der Waals surface area contributed by atoms with Crippen molar-refractivity contribution in [2.75, 3.05) is 5.32 Å². The molecule has 4 heteroatoms. The molecule has 0 spiro atoms. The van der Waals surface area contributed by atoms with Gasteiger partial charge in [-0.3, -0.25) is 9.89 Å². The summed E-state index contributed by atoms with van der Waals surface area (Å²) in [6.45, 7) is 10.7. The van der Waals surface area contributed by atoms with Gasteiger partial charge in [-0.1, -0.05) is 56.3 Å². The lowest BCUT2D eigenvalue weighted by molar-refractivity contribution is 0.102. The molecule has 0 aliphatic rings. The first-order valence-corrected chi connectivity index (χ1v) is 12.6. The van der Waals surface area contributed by atoms with Gasteiger partial charge in [-0.2, -0.15) is 5.10 Å². The lowest BCUT2D eigenvalue weighted by atomic mass is 9.97. The molecule has 3 aromatic carbocycles. The van der Waals surface area contributed by atoms with Gasteiger partial charge in [-0.25, -0.2) is 0 Å². The van der Waals surface area contributed by atoms with Crippen LogP contribution in [0.3, 0.4) is 0 Å². The van der Waals surface area contributed by atoms with Crippen molar-refractivity contribution in [2.45, 2.75) is 53.4 Å². The van der Waals surface area contributed by atoms with Crippen LogP contribution in [0.5, 0.6) is 0 Å². The Morgan fingerprint density at radius 1 is 0.889 bits per heavy atom. The van der Waals surface area contributed by atoms with Crippen molar-refractivity contribution < 1.29 is 4.79 Å². The average Bonchev–Trinajstić information content (AvgIpc) is 3.31. The number of carbonyl (C=O) groups is 1. The number of aromatic nitrogens is 2. The Hall–Kier alpha value is -3.92. The number of aromatic amines is 1. The highest BCUT2D eigenvalue weighted by atomic mass is 16.1. The summed E-state index contributed by atoms with van der Waals surface area (Å²) in [5.74, 6) is 0.375. The minimum absolute atomic E-state index is 0.0890. The highest BCUT2D eigenvalue weighted by Crippen LogP contribution is 2.23. The fourth-order valence-corrected chi connectivity index (χ4v) is 4.39. The molecule has 0 unspecified atom stereocenters. The van der Waals surface area contributed by atoms with E-state index in [4.69, 9.17) is 0 Å². The Balaban J connectivity index is 1.35. The first-order chi connectivity index (χ1) is 17.3. The van der Waals surface area contributed by atoms with Crippen LogP contribution in [0.1, 0.15) is 74.9 Å². The van der Waals surface area contributed by atoms with Crippen LogP contribution in [0, 0.1) is 20.8 Å². The van der Waals surface area contributed by atoms with Crippen molar-refractivity contribution in [3.63, 3.8) is 0 Å². The number of rotatable bonds is 8. The van der Waals surface area contributed by atoms with Crippen LogP contribution >= 0.6 is 0 Å². The molecular formula is C32H35N3O. The van der Waals surface area contributed by atoms with Gasteiger partial charge in [0.25, 0.3) is 5.91 Å². The zero-order valence-electron chi connectivity index (χ0n) is 21.9. The van der Waals surface area contributed by atoms with E-state index >= 15 is 0 Å². The summed E-state index contributed by atoms with van der Waals surface area (Å²) in [4.78, 5) is 12.9. The summed E-state index contributed by atoms with van der Waals surface area (Å²) in [5.41, 5.74) is 10.9. The highest BCUT2D eigenvalue weighted by molar-refractivity contribution is 6.04. The van der Waals surface area contributed by atoms with Gasteiger partial charge in [0.05, 0.1) is 5.69 Å². The molecule has 2 N–H and O–H groups in total. The van der Waals surface area contributed by atoms with E-state index in [0.29, 0.717) is 11.5 Å². The smallest absolute Gasteiger partial charge is 0.255 e. The number of carbonyl (C=O) groups excluding carboxylic acids is 1. The van der Waals surface area contributed by atoms with Crippen molar-refractivity contribution in [2.24, 2.45) is 0 Å². The number of amides is 1. The lowest BCUT2D eigenvalue weighted by Crippen LogP contribution is -2.12. The second kappa shape index (κ2) is 11.2. The summed E-state index contributed by atoms with van der Waals surface area (Å²) in [6.07, 6.45) is 5.77. The normalized spacial score (nSPS) is 11.4. The Kier molecular flexibility index (Phi) is 7.84.